The van der Waals surface area contributed by atoms with E-state index >= 15 is 0 Å². The van der Waals surface area contributed by atoms with E-state index in [1.807, 2.05) is 31.2 Å². The Morgan fingerprint density at radius 1 is 1.04 bits per heavy atom. The molecule has 1 amide bonds. The largest absolute Gasteiger partial charge is 0.494 e. The lowest BCUT2D eigenvalue weighted by molar-refractivity contribution is -0.116. The first-order valence-electron chi connectivity index (χ1n) is 9.26. The molecule has 152 valence electrons. The van der Waals surface area contributed by atoms with Crippen molar-refractivity contribution in [3.05, 3.63) is 54.1 Å². The molecule has 28 heavy (non-hydrogen) atoms. The van der Waals surface area contributed by atoms with Gasteiger partial charge in [-0.05, 0) is 57.9 Å². The Kier molecular flexibility index (Phi) is 7.21. The second-order valence-electron chi connectivity index (χ2n) is 7.44. The van der Waals surface area contributed by atoms with E-state index in [2.05, 4.69) is 10.0 Å². The van der Waals surface area contributed by atoms with E-state index in [4.69, 9.17) is 4.74 Å². The number of ether oxygens (including phenoxy) is 1. The lowest BCUT2D eigenvalue weighted by atomic mass is 10.1. The van der Waals surface area contributed by atoms with Crippen LogP contribution in [0.2, 0.25) is 0 Å². The van der Waals surface area contributed by atoms with Crippen LogP contribution >= 0.6 is 0 Å². The molecule has 2 aromatic carbocycles. The van der Waals surface area contributed by atoms with Crippen molar-refractivity contribution in [1.29, 1.82) is 0 Å². The molecule has 0 radical (unpaired) electrons. The van der Waals surface area contributed by atoms with Crippen LogP contribution in [0.25, 0.3) is 0 Å². The van der Waals surface area contributed by atoms with Crippen LogP contribution in [0.5, 0.6) is 5.75 Å². The first-order valence-corrected chi connectivity index (χ1v) is 10.7. The summed E-state index contributed by atoms with van der Waals surface area (Å²) in [4.78, 5) is 12.5. The van der Waals surface area contributed by atoms with Crippen LogP contribution in [0, 0.1) is 0 Å². The summed E-state index contributed by atoms with van der Waals surface area (Å²) in [6, 6.07) is 14.0. The second kappa shape index (κ2) is 9.21. The highest BCUT2D eigenvalue weighted by atomic mass is 32.2. The number of anilines is 1. The van der Waals surface area contributed by atoms with E-state index in [0.717, 1.165) is 11.3 Å². The predicted octanol–water partition coefficient (Wildman–Crippen LogP) is 3.73. The van der Waals surface area contributed by atoms with Gasteiger partial charge in [-0.15, -0.1) is 0 Å². The summed E-state index contributed by atoms with van der Waals surface area (Å²) in [6.45, 7) is 7.76. The lowest BCUT2D eigenvalue weighted by Crippen LogP contribution is -2.40. The summed E-state index contributed by atoms with van der Waals surface area (Å²) in [5, 5.41) is 2.73. The molecule has 6 nitrogen and oxygen atoms in total. The zero-order valence-electron chi connectivity index (χ0n) is 16.8. The number of nitrogens with one attached hydrogen (secondary N) is 2. The molecule has 2 aromatic rings. The topological polar surface area (TPSA) is 84.5 Å². The highest BCUT2D eigenvalue weighted by Crippen LogP contribution is 2.23. The first-order chi connectivity index (χ1) is 13.1. The molecule has 0 fully saturated rings. The number of hydrogen-bond donors (Lipinski definition) is 2. The van der Waals surface area contributed by atoms with Gasteiger partial charge in [0, 0.05) is 12.0 Å². The average Bonchev–Trinajstić information content (AvgIpc) is 2.59. The molecule has 0 aliphatic carbocycles. The smallest absolute Gasteiger partial charge is 0.243 e. The molecule has 2 N–H and O–H groups in total. The zero-order valence-corrected chi connectivity index (χ0v) is 17.6. The number of sulfonamides is 1. The van der Waals surface area contributed by atoms with Crippen molar-refractivity contribution in [3.63, 3.8) is 0 Å². The second-order valence-corrected chi connectivity index (χ2v) is 9.09. The number of amides is 1. The molecule has 0 aliphatic rings. The van der Waals surface area contributed by atoms with Gasteiger partial charge < -0.3 is 10.1 Å². The van der Waals surface area contributed by atoms with Crippen molar-refractivity contribution in [2.75, 3.05) is 11.9 Å². The third kappa shape index (κ3) is 6.35. The fraction of sp³-hybridized carbons (Fsp3) is 0.381. The van der Waals surface area contributed by atoms with E-state index in [9.17, 15) is 13.2 Å². The molecule has 2 rings (SSSR count). The maximum atomic E-state index is 12.7. The monoisotopic (exact) mass is 404 g/mol. The van der Waals surface area contributed by atoms with Crippen LogP contribution in [-0.4, -0.2) is 26.5 Å². The quantitative estimate of drug-likeness (QED) is 0.702. The van der Waals surface area contributed by atoms with E-state index in [0.29, 0.717) is 13.0 Å². The molecule has 0 saturated carbocycles. The number of benzene rings is 2. The molecular weight excluding hydrogens is 376 g/mol. The minimum atomic E-state index is -3.76. The van der Waals surface area contributed by atoms with Gasteiger partial charge in [-0.1, -0.05) is 30.3 Å². The molecule has 0 saturated heterocycles. The Balaban J connectivity index is 2.11. The maximum absolute atomic E-state index is 12.7. The Hall–Kier alpha value is -2.38. The van der Waals surface area contributed by atoms with Crippen molar-refractivity contribution in [2.45, 2.75) is 51.0 Å². The van der Waals surface area contributed by atoms with E-state index in [1.54, 1.807) is 39.0 Å². The molecule has 0 atom stereocenters. The Labute approximate surface area is 167 Å². The number of aryl methyl sites for hydroxylation is 1. The van der Waals surface area contributed by atoms with Gasteiger partial charge in [0.1, 0.15) is 10.6 Å². The van der Waals surface area contributed by atoms with Gasteiger partial charge in [-0.25, -0.2) is 13.1 Å². The third-order valence-corrected chi connectivity index (χ3v) is 5.60. The van der Waals surface area contributed by atoms with Gasteiger partial charge in [0.05, 0.1) is 12.3 Å². The normalized spacial score (nSPS) is 11.9. The van der Waals surface area contributed by atoms with Crippen molar-refractivity contribution < 1.29 is 17.9 Å². The van der Waals surface area contributed by atoms with Crippen molar-refractivity contribution in [3.8, 4) is 5.75 Å². The van der Waals surface area contributed by atoms with Crippen molar-refractivity contribution >= 4 is 21.6 Å². The standard InChI is InChI=1S/C21H28N2O4S/c1-5-27-18-12-8-6-10-16(18)14-15-20(24)22-17-11-7-9-13-19(17)28(25,26)23-21(2,3)4/h6-13,23H,5,14-15H2,1-4H3,(H,22,24). The van der Waals surface area contributed by atoms with Crippen LogP contribution in [0.1, 0.15) is 39.7 Å². The third-order valence-electron chi connectivity index (χ3n) is 3.79. The fourth-order valence-corrected chi connectivity index (χ4v) is 4.31. The van der Waals surface area contributed by atoms with E-state index in [-0.39, 0.29) is 22.9 Å². The number of hydrogen-bond acceptors (Lipinski definition) is 4. The van der Waals surface area contributed by atoms with Crippen LogP contribution in [-0.2, 0) is 21.2 Å². The molecule has 7 heteroatoms. The van der Waals surface area contributed by atoms with Gasteiger partial charge in [-0.2, -0.15) is 0 Å². The minimum absolute atomic E-state index is 0.0491. The van der Waals surface area contributed by atoms with Crippen LogP contribution in [0.4, 0.5) is 5.69 Å². The summed E-state index contributed by atoms with van der Waals surface area (Å²) in [5.74, 6) is 0.500. The highest BCUT2D eigenvalue weighted by molar-refractivity contribution is 7.89. The van der Waals surface area contributed by atoms with E-state index < -0.39 is 15.6 Å². The summed E-state index contributed by atoms with van der Waals surface area (Å²) >= 11 is 0. The lowest BCUT2D eigenvalue weighted by Gasteiger charge is -2.21. The molecule has 0 spiro atoms. The van der Waals surface area contributed by atoms with Gasteiger partial charge in [-0.3, -0.25) is 4.79 Å². The summed E-state index contributed by atoms with van der Waals surface area (Å²) in [7, 11) is -3.76. The molecule has 0 aromatic heterocycles. The fourth-order valence-electron chi connectivity index (χ4n) is 2.73. The predicted molar refractivity (Wildman–Crippen MR) is 111 cm³/mol. The zero-order chi connectivity index (χ0) is 20.8. The minimum Gasteiger partial charge on any atom is -0.494 e. The molecule has 0 unspecified atom stereocenters. The summed E-state index contributed by atoms with van der Waals surface area (Å²) in [5.41, 5.74) is 0.580. The summed E-state index contributed by atoms with van der Waals surface area (Å²) < 4.78 is 33.5. The average molecular weight is 405 g/mol. The van der Waals surface area contributed by atoms with Crippen LogP contribution < -0.4 is 14.8 Å². The van der Waals surface area contributed by atoms with Crippen LogP contribution in [0.15, 0.2) is 53.4 Å². The molecule has 0 bridgehead atoms. The SMILES string of the molecule is CCOc1ccccc1CCC(=O)Nc1ccccc1S(=O)(=O)NC(C)(C)C. The van der Waals surface area contributed by atoms with Gasteiger partial charge in [0.25, 0.3) is 0 Å². The number of para-hydroxylation sites is 2. The number of carbonyl (C=O) groups is 1. The molecular formula is C21H28N2O4S. The summed E-state index contributed by atoms with van der Waals surface area (Å²) in [6.07, 6.45) is 0.711. The van der Waals surface area contributed by atoms with Gasteiger partial charge >= 0.3 is 0 Å². The number of rotatable bonds is 8. The van der Waals surface area contributed by atoms with Gasteiger partial charge in [0.15, 0.2) is 0 Å². The Morgan fingerprint density at radius 3 is 2.36 bits per heavy atom. The highest BCUT2D eigenvalue weighted by Gasteiger charge is 2.24. The van der Waals surface area contributed by atoms with Gasteiger partial charge in [0.2, 0.25) is 15.9 Å². The van der Waals surface area contributed by atoms with E-state index in [1.165, 1.54) is 6.07 Å². The van der Waals surface area contributed by atoms with Crippen LogP contribution in [0.3, 0.4) is 0 Å². The number of carbonyl (C=O) groups excluding carboxylic acids is 1. The van der Waals surface area contributed by atoms with Crippen molar-refractivity contribution in [1.82, 2.24) is 4.72 Å². The first kappa shape index (κ1) is 21.9. The van der Waals surface area contributed by atoms with Crippen molar-refractivity contribution in [2.24, 2.45) is 0 Å². The Bertz CT molecular complexity index is 918. The molecule has 0 heterocycles. The Morgan fingerprint density at radius 2 is 1.68 bits per heavy atom. The molecule has 0 aliphatic heterocycles. The maximum Gasteiger partial charge on any atom is 0.243 e.